The summed E-state index contributed by atoms with van der Waals surface area (Å²) in [6.07, 6.45) is 1.27. The molecule has 2 amide bonds. The highest BCUT2D eigenvalue weighted by molar-refractivity contribution is 5.97. The number of rotatable bonds is 2. The van der Waals surface area contributed by atoms with E-state index in [1.165, 1.54) is 0 Å². The maximum Gasteiger partial charge on any atom is 0.410 e. The van der Waals surface area contributed by atoms with Crippen LogP contribution in [0.5, 0.6) is 0 Å². The molecule has 2 aliphatic heterocycles. The molecule has 0 unspecified atom stereocenters. The topological polar surface area (TPSA) is 88.8 Å². The Hall–Kier alpha value is -2.64. The van der Waals surface area contributed by atoms with Gasteiger partial charge in [0, 0.05) is 36.7 Å². The third-order valence-corrected chi connectivity index (χ3v) is 5.11. The number of likely N-dealkylation sites (tertiary alicyclic amines) is 1. The monoisotopic (exact) mass is 358 g/mol. The Morgan fingerprint density at radius 3 is 2.69 bits per heavy atom. The average molecular weight is 358 g/mol. The molecule has 4 rings (SSSR count). The molecule has 26 heavy (non-hydrogen) atoms. The van der Waals surface area contributed by atoms with Crippen LogP contribution in [0.2, 0.25) is 0 Å². The zero-order valence-electron chi connectivity index (χ0n) is 15.0. The van der Waals surface area contributed by atoms with E-state index in [0.717, 1.165) is 12.8 Å². The lowest BCUT2D eigenvalue weighted by Gasteiger charge is -2.44. The number of fused-ring (bicyclic) bond motifs is 1. The van der Waals surface area contributed by atoms with E-state index in [9.17, 15) is 9.59 Å². The Kier molecular flexibility index (Phi) is 4.05. The summed E-state index contributed by atoms with van der Waals surface area (Å²) in [7, 11) is 0. The molecular formula is C18H22N4O4. The molecule has 8 nitrogen and oxygen atoms in total. The molecule has 2 aliphatic rings. The van der Waals surface area contributed by atoms with Crippen molar-refractivity contribution in [3.8, 4) is 0 Å². The number of piperidine rings is 1. The number of hydrogen-bond donors (Lipinski definition) is 0. The summed E-state index contributed by atoms with van der Waals surface area (Å²) in [4.78, 5) is 28.5. The van der Waals surface area contributed by atoms with Crippen LogP contribution < -0.4 is 0 Å². The third-order valence-electron chi connectivity index (χ3n) is 5.11. The van der Waals surface area contributed by atoms with Crippen molar-refractivity contribution in [2.24, 2.45) is 5.41 Å². The maximum absolute atomic E-state index is 12.8. The molecule has 0 N–H and O–H groups in total. The minimum Gasteiger partial charge on any atom is -0.449 e. The van der Waals surface area contributed by atoms with Crippen LogP contribution in [0.15, 0.2) is 22.8 Å². The van der Waals surface area contributed by atoms with Gasteiger partial charge in [0.25, 0.3) is 5.91 Å². The zero-order valence-corrected chi connectivity index (χ0v) is 15.0. The summed E-state index contributed by atoms with van der Waals surface area (Å²) in [5, 5.41) is 7.54. The largest absolute Gasteiger partial charge is 0.449 e. The van der Waals surface area contributed by atoms with E-state index in [2.05, 4.69) is 28.8 Å². The van der Waals surface area contributed by atoms with Crippen LogP contribution in [0.4, 0.5) is 4.79 Å². The van der Waals surface area contributed by atoms with Crippen LogP contribution in [-0.2, 0) is 4.74 Å². The fourth-order valence-corrected chi connectivity index (χ4v) is 3.67. The van der Waals surface area contributed by atoms with E-state index >= 15 is 0 Å². The predicted octanol–water partition coefficient (Wildman–Crippen LogP) is 2.31. The van der Waals surface area contributed by atoms with Crippen molar-refractivity contribution in [3.63, 3.8) is 0 Å². The first-order valence-electron chi connectivity index (χ1n) is 8.88. The first-order chi connectivity index (χ1) is 12.4. The minimum atomic E-state index is -0.238. The first kappa shape index (κ1) is 16.8. The molecule has 8 heteroatoms. The molecule has 2 aromatic rings. The van der Waals surface area contributed by atoms with Gasteiger partial charge in [0.05, 0.1) is 6.61 Å². The van der Waals surface area contributed by atoms with Crippen molar-refractivity contribution in [2.45, 2.75) is 32.7 Å². The molecule has 3 heterocycles. The number of cyclic esters (lactones) is 1. The van der Waals surface area contributed by atoms with Crippen LogP contribution >= 0.6 is 0 Å². The summed E-state index contributed by atoms with van der Waals surface area (Å²) >= 11 is 0. The van der Waals surface area contributed by atoms with Gasteiger partial charge in [-0.2, -0.15) is 0 Å². The fraction of sp³-hybridized carbons (Fsp3) is 0.556. The fourth-order valence-electron chi connectivity index (χ4n) is 3.67. The van der Waals surface area contributed by atoms with Gasteiger partial charge in [-0.3, -0.25) is 4.79 Å². The number of carbonyl (C=O) groups is 2. The minimum absolute atomic E-state index is 0.0325. The lowest BCUT2D eigenvalue weighted by molar-refractivity contribution is -0.0153. The standard InChI is InChI=1S/C18H22N4O4/c1-18(2)10-22(17(24)25-11-18)13-5-7-21(8-6-13)16(23)12-3-4-14-15(9-12)20-26-19-14/h3-4,9,13H,5-8,10-11H2,1-2H3. The normalized spacial score (nSPS) is 21.1. The molecule has 2 saturated heterocycles. The smallest absolute Gasteiger partial charge is 0.410 e. The van der Waals surface area contributed by atoms with Gasteiger partial charge in [0.15, 0.2) is 0 Å². The molecular weight excluding hydrogens is 336 g/mol. The van der Waals surface area contributed by atoms with Gasteiger partial charge >= 0.3 is 6.09 Å². The molecule has 0 spiro atoms. The number of hydrogen-bond acceptors (Lipinski definition) is 6. The molecule has 0 aliphatic carbocycles. The van der Waals surface area contributed by atoms with Crippen LogP contribution in [0.25, 0.3) is 11.0 Å². The first-order valence-corrected chi connectivity index (χ1v) is 8.88. The van der Waals surface area contributed by atoms with E-state index in [0.29, 0.717) is 42.8 Å². The Bertz CT molecular complexity index is 839. The van der Waals surface area contributed by atoms with E-state index in [-0.39, 0.29) is 23.5 Å². The second kappa shape index (κ2) is 6.26. The van der Waals surface area contributed by atoms with Crippen molar-refractivity contribution in [1.29, 1.82) is 0 Å². The summed E-state index contributed by atoms with van der Waals surface area (Å²) < 4.78 is 10.00. The van der Waals surface area contributed by atoms with Gasteiger partial charge in [0.1, 0.15) is 11.0 Å². The molecule has 0 atom stereocenters. The molecule has 0 bridgehead atoms. The Balaban J connectivity index is 1.41. The number of amides is 2. The highest BCUT2D eigenvalue weighted by atomic mass is 16.6. The number of aromatic nitrogens is 2. The second-order valence-electron chi connectivity index (χ2n) is 7.84. The van der Waals surface area contributed by atoms with Gasteiger partial charge in [-0.1, -0.05) is 13.8 Å². The average Bonchev–Trinajstić information content (AvgIpc) is 3.11. The van der Waals surface area contributed by atoms with Crippen molar-refractivity contribution in [3.05, 3.63) is 23.8 Å². The second-order valence-corrected chi connectivity index (χ2v) is 7.84. The summed E-state index contributed by atoms with van der Waals surface area (Å²) in [6, 6.07) is 5.29. The van der Waals surface area contributed by atoms with E-state index in [4.69, 9.17) is 4.74 Å². The van der Waals surface area contributed by atoms with Crippen LogP contribution in [0, 0.1) is 5.41 Å². The predicted molar refractivity (Wildman–Crippen MR) is 92.6 cm³/mol. The van der Waals surface area contributed by atoms with Crippen molar-refractivity contribution in [2.75, 3.05) is 26.2 Å². The Morgan fingerprint density at radius 1 is 1.19 bits per heavy atom. The van der Waals surface area contributed by atoms with E-state index < -0.39 is 0 Å². The molecule has 1 aromatic heterocycles. The highest BCUT2D eigenvalue weighted by Gasteiger charge is 2.38. The molecule has 2 fully saturated rings. The summed E-state index contributed by atoms with van der Waals surface area (Å²) in [6.45, 7) is 6.57. The van der Waals surface area contributed by atoms with Crippen LogP contribution in [-0.4, -0.2) is 64.4 Å². The van der Waals surface area contributed by atoms with Gasteiger partial charge < -0.3 is 14.5 Å². The van der Waals surface area contributed by atoms with Gasteiger partial charge in [0.2, 0.25) is 0 Å². The molecule has 138 valence electrons. The number of ether oxygens (including phenoxy) is 1. The van der Waals surface area contributed by atoms with Crippen molar-refractivity contribution >= 4 is 23.0 Å². The third kappa shape index (κ3) is 3.11. The number of carbonyl (C=O) groups excluding carboxylic acids is 2. The molecule has 0 radical (unpaired) electrons. The van der Waals surface area contributed by atoms with Gasteiger partial charge in [-0.05, 0) is 41.4 Å². The summed E-state index contributed by atoms with van der Waals surface area (Å²) in [5.74, 6) is -0.0325. The summed E-state index contributed by atoms with van der Waals surface area (Å²) in [5.41, 5.74) is 1.74. The lowest BCUT2D eigenvalue weighted by atomic mass is 9.91. The van der Waals surface area contributed by atoms with Gasteiger partial charge in [-0.25, -0.2) is 9.42 Å². The van der Waals surface area contributed by atoms with E-state index in [1.807, 2.05) is 9.80 Å². The highest BCUT2D eigenvalue weighted by Crippen LogP contribution is 2.28. The number of nitrogens with zero attached hydrogens (tertiary/aromatic N) is 4. The number of benzene rings is 1. The molecule has 1 aromatic carbocycles. The SMILES string of the molecule is CC1(C)COC(=O)N(C2CCN(C(=O)c3ccc4nonc4c3)CC2)C1. The van der Waals surface area contributed by atoms with Crippen LogP contribution in [0.1, 0.15) is 37.0 Å². The lowest BCUT2D eigenvalue weighted by Crippen LogP contribution is -2.55. The van der Waals surface area contributed by atoms with Crippen molar-refractivity contribution in [1.82, 2.24) is 20.1 Å². The van der Waals surface area contributed by atoms with E-state index in [1.54, 1.807) is 18.2 Å². The maximum atomic E-state index is 12.8. The Morgan fingerprint density at radius 2 is 1.92 bits per heavy atom. The van der Waals surface area contributed by atoms with Gasteiger partial charge in [-0.15, -0.1) is 0 Å². The van der Waals surface area contributed by atoms with Crippen molar-refractivity contribution < 1.29 is 19.0 Å². The molecule has 0 saturated carbocycles. The Labute approximate surface area is 151 Å². The van der Waals surface area contributed by atoms with Crippen LogP contribution in [0.3, 0.4) is 0 Å². The zero-order chi connectivity index (χ0) is 18.3. The quantitative estimate of drug-likeness (QED) is 0.818.